The van der Waals surface area contributed by atoms with Gasteiger partial charge in [-0.3, -0.25) is 0 Å². The molecule has 1 aromatic carbocycles. The summed E-state index contributed by atoms with van der Waals surface area (Å²) in [6.45, 7) is 0. The van der Waals surface area contributed by atoms with Crippen LogP contribution in [-0.4, -0.2) is 5.97 Å². The Morgan fingerprint density at radius 3 is 2.82 bits per heavy atom. The van der Waals surface area contributed by atoms with Gasteiger partial charge in [0.05, 0.1) is 5.56 Å². The zero-order valence-electron chi connectivity index (χ0n) is 5.58. The van der Waals surface area contributed by atoms with Gasteiger partial charge in [0.25, 0.3) is 0 Å². The van der Waals surface area contributed by atoms with Crippen LogP contribution in [0.3, 0.4) is 0 Å². The summed E-state index contributed by atoms with van der Waals surface area (Å²) in [7, 11) is 0. The van der Waals surface area contributed by atoms with Gasteiger partial charge in [-0.25, -0.2) is 4.79 Å². The number of carbonyl (C=O) groups is 1. The van der Waals surface area contributed by atoms with Crippen molar-refractivity contribution in [3.05, 3.63) is 34.3 Å². The Hall–Kier alpha value is -0.870. The van der Waals surface area contributed by atoms with Crippen LogP contribution in [0.15, 0.2) is 28.7 Å². The van der Waals surface area contributed by atoms with Gasteiger partial charge in [0, 0.05) is 4.47 Å². The maximum atomic E-state index is 10.8. The molecule has 1 rings (SSSR count). The summed E-state index contributed by atoms with van der Waals surface area (Å²) in [6.07, 6.45) is 0. The van der Waals surface area contributed by atoms with Crippen molar-refractivity contribution >= 4 is 21.9 Å². The Bertz CT molecular complexity index is 275. The molecule has 0 aliphatic rings. The highest BCUT2D eigenvalue weighted by atomic mass is 79.9. The van der Waals surface area contributed by atoms with Crippen molar-refractivity contribution in [2.24, 2.45) is 5.90 Å². The summed E-state index contributed by atoms with van der Waals surface area (Å²) < 4.78 is 0.820. The second-order valence-corrected chi connectivity index (χ2v) is 2.83. The van der Waals surface area contributed by atoms with Gasteiger partial charge in [-0.15, -0.1) is 0 Å². The minimum Gasteiger partial charge on any atom is -0.370 e. The monoisotopic (exact) mass is 215 g/mol. The molecule has 0 saturated heterocycles. The normalized spacial score (nSPS) is 9.27. The molecule has 0 radical (unpaired) electrons. The quantitative estimate of drug-likeness (QED) is 0.723. The van der Waals surface area contributed by atoms with Gasteiger partial charge in [0.15, 0.2) is 0 Å². The van der Waals surface area contributed by atoms with Gasteiger partial charge in [0.1, 0.15) is 0 Å². The van der Waals surface area contributed by atoms with E-state index in [1.54, 1.807) is 18.2 Å². The Morgan fingerprint density at radius 2 is 2.27 bits per heavy atom. The highest BCUT2D eigenvalue weighted by molar-refractivity contribution is 9.10. The third-order valence-corrected chi connectivity index (χ3v) is 1.66. The third kappa shape index (κ3) is 2.03. The minimum absolute atomic E-state index is 0.432. The van der Waals surface area contributed by atoms with Crippen molar-refractivity contribution in [3.63, 3.8) is 0 Å². The third-order valence-electron chi connectivity index (χ3n) is 1.17. The molecule has 0 aliphatic heterocycles. The molecule has 0 aromatic heterocycles. The van der Waals surface area contributed by atoms with E-state index < -0.39 is 5.97 Å². The van der Waals surface area contributed by atoms with Crippen LogP contribution in [0.1, 0.15) is 10.4 Å². The maximum absolute atomic E-state index is 10.8. The van der Waals surface area contributed by atoms with Crippen LogP contribution in [0.4, 0.5) is 0 Å². The number of hydrogen-bond acceptors (Lipinski definition) is 3. The van der Waals surface area contributed by atoms with E-state index in [2.05, 4.69) is 26.7 Å². The standard InChI is InChI=1S/C7H6BrNO2/c8-6-3-1-2-5(4-6)7(10)11-9/h1-4H,9H2. The second-order valence-electron chi connectivity index (χ2n) is 1.92. The lowest BCUT2D eigenvalue weighted by Crippen LogP contribution is -2.09. The summed E-state index contributed by atoms with van der Waals surface area (Å²) in [4.78, 5) is 14.8. The highest BCUT2D eigenvalue weighted by Crippen LogP contribution is 2.11. The lowest BCUT2D eigenvalue weighted by atomic mass is 10.2. The predicted molar refractivity (Wildman–Crippen MR) is 43.7 cm³/mol. The fraction of sp³-hybridized carbons (Fsp3) is 0. The lowest BCUT2D eigenvalue weighted by molar-refractivity contribution is 0.0503. The van der Waals surface area contributed by atoms with Crippen LogP contribution in [0.5, 0.6) is 0 Å². The average Bonchev–Trinajstić information content (AvgIpc) is 2.03. The first-order valence-electron chi connectivity index (χ1n) is 2.90. The first-order valence-corrected chi connectivity index (χ1v) is 3.70. The van der Waals surface area contributed by atoms with Crippen molar-refractivity contribution < 1.29 is 9.63 Å². The molecule has 0 saturated carbocycles. The molecular weight excluding hydrogens is 210 g/mol. The van der Waals surface area contributed by atoms with Crippen LogP contribution < -0.4 is 5.90 Å². The fourth-order valence-corrected chi connectivity index (χ4v) is 1.08. The smallest absolute Gasteiger partial charge is 0.356 e. The number of halogens is 1. The molecule has 0 fully saturated rings. The molecule has 2 N–H and O–H groups in total. The van der Waals surface area contributed by atoms with Gasteiger partial charge < -0.3 is 4.84 Å². The van der Waals surface area contributed by atoms with E-state index in [0.717, 1.165) is 4.47 Å². The van der Waals surface area contributed by atoms with E-state index in [1.807, 2.05) is 6.07 Å². The molecule has 0 heterocycles. The maximum Gasteiger partial charge on any atom is 0.356 e. The van der Waals surface area contributed by atoms with E-state index in [-0.39, 0.29) is 0 Å². The van der Waals surface area contributed by atoms with Gasteiger partial charge in [0.2, 0.25) is 0 Å². The summed E-state index contributed by atoms with van der Waals surface area (Å²) in [5.74, 6) is 4.15. The number of carbonyl (C=O) groups excluding carboxylic acids is 1. The Labute approximate surface area is 72.2 Å². The van der Waals surface area contributed by atoms with Crippen LogP contribution >= 0.6 is 15.9 Å². The molecule has 58 valence electrons. The molecule has 0 spiro atoms. The lowest BCUT2D eigenvalue weighted by Gasteiger charge is -1.96. The molecule has 3 nitrogen and oxygen atoms in total. The largest absolute Gasteiger partial charge is 0.370 e. The Balaban J connectivity index is 2.96. The zero-order valence-corrected chi connectivity index (χ0v) is 7.17. The molecule has 0 amide bonds. The molecule has 0 bridgehead atoms. The summed E-state index contributed by atoms with van der Waals surface area (Å²) >= 11 is 3.21. The number of rotatable bonds is 1. The predicted octanol–water partition coefficient (Wildman–Crippen LogP) is 1.48. The van der Waals surface area contributed by atoms with Crippen LogP contribution in [0.25, 0.3) is 0 Å². The molecular formula is C7H6BrNO2. The van der Waals surface area contributed by atoms with Gasteiger partial charge >= 0.3 is 5.97 Å². The van der Waals surface area contributed by atoms with Crippen LogP contribution in [0.2, 0.25) is 0 Å². The van der Waals surface area contributed by atoms with Crippen molar-refractivity contribution in [2.45, 2.75) is 0 Å². The first-order chi connectivity index (χ1) is 5.24. The number of nitrogens with two attached hydrogens (primary N) is 1. The van der Waals surface area contributed by atoms with Crippen molar-refractivity contribution in [1.82, 2.24) is 0 Å². The fourth-order valence-electron chi connectivity index (χ4n) is 0.683. The van der Waals surface area contributed by atoms with Crippen molar-refractivity contribution in [2.75, 3.05) is 0 Å². The summed E-state index contributed by atoms with van der Waals surface area (Å²) in [5, 5.41) is 0. The van der Waals surface area contributed by atoms with E-state index in [1.165, 1.54) is 0 Å². The van der Waals surface area contributed by atoms with Gasteiger partial charge in [-0.1, -0.05) is 22.0 Å². The molecule has 0 atom stereocenters. The van der Waals surface area contributed by atoms with Gasteiger partial charge in [-0.05, 0) is 18.2 Å². The highest BCUT2D eigenvalue weighted by Gasteiger charge is 2.04. The van der Waals surface area contributed by atoms with E-state index >= 15 is 0 Å². The van der Waals surface area contributed by atoms with Crippen LogP contribution in [0, 0.1) is 0 Å². The summed E-state index contributed by atoms with van der Waals surface area (Å²) in [6, 6.07) is 6.80. The summed E-state index contributed by atoms with van der Waals surface area (Å²) in [5.41, 5.74) is 0.432. The molecule has 1 aromatic rings. The average molecular weight is 216 g/mol. The molecule has 0 aliphatic carbocycles. The van der Waals surface area contributed by atoms with E-state index in [0.29, 0.717) is 5.56 Å². The number of benzene rings is 1. The molecule has 11 heavy (non-hydrogen) atoms. The molecule has 0 unspecified atom stereocenters. The SMILES string of the molecule is NOC(=O)c1cccc(Br)c1. The van der Waals surface area contributed by atoms with Crippen molar-refractivity contribution in [1.29, 1.82) is 0 Å². The van der Waals surface area contributed by atoms with E-state index in [9.17, 15) is 4.79 Å². The minimum atomic E-state index is -0.536. The number of hydrogen-bond donors (Lipinski definition) is 1. The molecule has 4 heteroatoms. The van der Waals surface area contributed by atoms with Gasteiger partial charge in [-0.2, -0.15) is 5.90 Å². The van der Waals surface area contributed by atoms with E-state index in [4.69, 9.17) is 0 Å². The Kier molecular flexibility index (Phi) is 2.62. The zero-order chi connectivity index (χ0) is 8.27. The van der Waals surface area contributed by atoms with Crippen LogP contribution in [-0.2, 0) is 4.84 Å². The second kappa shape index (κ2) is 3.50. The first kappa shape index (κ1) is 8.23. The van der Waals surface area contributed by atoms with Crippen molar-refractivity contribution in [3.8, 4) is 0 Å². The Morgan fingerprint density at radius 1 is 1.55 bits per heavy atom. The topological polar surface area (TPSA) is 52.3 Å².